The van der Waals surface area contributed by atoms with E-state index in [1.165, 1.54) is 11.9 Å². The van der Waals surface area contributed by atoms with Crippen LogP contribution in [0.25, 0.3) is 0 Å². The highest BCUT2D eigenvalue weighted by atomic mass is 35.5. The van der Waals surface area contributed by atoms with Crippen LogP contribution in [-0.4, -0.2) is 28.9 Å². The standard InChI is InChI=1S/C11H11ClFN3O/c1-7(3-4-14)16(2)11(17)9-5-8(13)6-15-10(9)12/h5-7H,3H2,1-2H3. The number of amides is 1. The van der Waals surface area contributed by atoms with E-state index in [2.05, 4.69) is 4.98 Å². The first-order chi connectivity index (χ1) is 7.97. The summed E-state index contributed by atoms with van der Waals surface area (Å²) >= 11 is 5.73. The summed E-state index contributed by atoms with van der Waals surface area (Å²) in [5.74, 6) is -1.08. The molecule has 1 aromatic rings. The van der Waals surface area contributed by atoms with E-state index in [1.807, 2.05) is 6.07 Å². The molecular weight excluding hydrogens is 245 g/mol. The van der Waals surface area contributed by atoms with E-state index in [-0.39, 0.29) is 23.2 Å². The lowest BCUT2D eigenvalue weighted by Gasteiger charge is -2.23. The smallest absolute Gasteiger partial charge is 0.257 e. The molecule has 4 nitrogen and oxygen atoms in total. The van der Waals surface area contributed by atoms with Crippen LogP contribution in [0.5, 0.6) is 0 Å². The lowest BCUT2D eigenvalue weighted by atomic mass is 10.2. The minimum atomic E-state index is -0.626. The Morgan fingerprint density at radius 1 is 1.76 bits per heavy atom. The van der Waals surface area contributed by atoms with Crippen LogP contribution < -0.4 is 0 Å². The Labute approximate surface area is 104 Å². The Morgan fingerprint density at radius 2 is 2.41 bits per heavy atom. The van der Waals surface area contributed by atoms with Gasteiger partial charge in [-0.3, -0.25) is 4.79 Å². The summed E-state index contributed by atoms with van der Waals surface area (Å²) in [6.45, 7) is 1.72. The molecule has 0 fully saturated rings. The molecule has 90 valence electrons. The average Bonchev–Trinajstić information content (AvgIpc) is 2.30. The van der Waals surface area contributed by atoms with Gasteiger partial charge in [0.05, 0.1) is 24.3 Å². The highest BCUT2D eigenvalue weighted by molar-refractivity contribution is 6.32. The van der Waals surface area contributed by atoms with Gasteiger partial charge in [0, 0.05) is 13.1 Å². The van der Waals surface area contributed by atoms with Crippen LogP contribution in [0, 0.1) is 17.1 Å². The van der Waals surface area contributed by atoms with Crippen molar-refractivity contribution in [3.8, 4) is 6.07 Å². The van der Waals surface area contributed by atoms with Gasteiger partial charge in [-0.1, -0.05) is 11.6 Å². The van der Waals surface area contributed by atoms with Crippen molar-refractivity contribution in [1.82, 2.24) is 9.88 Å². The Hall–Kier alpha value is -1.67. The topological polar surface area (TPSA) is 57.0 Å². The maximum absolute atomic E-state index is 13.0. The number of hydrogen-bond donors (Lipinski definition) is 0. The van der Waals surface area contributed by atoms with Gasteiger partial charge in [-0.05, 0) is 13.0 Å². The zero-order valence-electron chi connectivity index (χ0n) is 9.44. The largest absolute Gasteiger partial charge is 0.338 e. The molecule has 0 aliphatic rings. The Bertz CT molecular complexity index is 472. The molecule has 1 heterocycles. The van der Waals surface area contributed by atoms with Crippen LogP contribution in [0.1, 0.15) is 23.7 Å². The summed E-state index contributed by atoms with van der Waals surface area (Å²) < 4.78 is 13.0. The fourth-order valence-corrected chi connectivity index (χ4v) is 1.42. The molecule has 0 aromatic carbocycles. The monoisotopic (exact) mass is 255 g/mol. The number of pyridine rings is 1. The van der Waals surface area contributed by atoms with Crippen molar-refractivity contribution in [1.29, 1.82) is 5.26 Å². The van der Waals surface area contributed by atoms with E-state index < -0.39 is 11.7 Å². The SMILES string of the molecule is CC(CC#N)N(C)C(=O)c1cc(F)cnc1Cl. The van der Waals surface area contributed by atoms with E-state index in [0.717, 1.165) is 12.3 Å². The Morgan fingerprint density at radius 3 is 3.00 bits per heavy atom. The molecule has 17 heavy (non-hydrogen) atoms. The van der Waals surface area contributed by atoms with Crippen LogP contribution in [0.2, 0.25) is 5.15 Å². The minimum Gasteiger partial charge on any atom is -0.338 e. The van der Waals surface area contributed by atoms with E-state index >= 15 is 0 Å². The number of nitriles is 1. The van der Waals surface area contributed by atoms with Crippen molar-refractivity contribution in [2.45, 2.75) is 19.4 Å². The number of rotatable bonds is 3. The average molecular weight is 256 g/mol. The van der Waals surface area contributed by atoms with Crippen molar-refractivity contribution in [2.75, 3.05) is 7.05 Å². The predicted molar refractivity (Wildman–Crippen MR) is 61.0 cm³/mol. The van der Waals surface area contributed by atoms with Crippen LogP contribution in [0.15, 0.2) is 12.3 Å². The molecule has 0 aliphatic carbocycles. The highest BCUT2D eigenvalue weighted by Crippen LogP contribution is 2.17. The van der Waals surface area contributed by atoms with Gasteiger partial charge in [0.1, 0.15) is 11.0 Å². The summed E-state index contributed by atoms with van der Waals surface area (Å²) in [6, 6.07) is 2.73. The van der Waals surface area contributed by atoms with E-state index in [9.17, 15) is 9.18 Å². The zero-order chi connectivity index (χ0) is 13.0. The second-order valence-electron chi connectivity index (χ2n) is 3.62. The molecule has 1 aromatic heterocycles. The molecule has 1 rings (SSSR count). The summed E-state index contributed by atoms with van der Waals surface area (Å²) in [5, 5.41) is 8.50. The van der Waals surface area contributed by atoms with Crippen LogP contribution in [-0.2, 0) is 0 Å². The quantitative estimate of drug-likeness (QED) is 0.779. The fraction of sp³-hybridized carbons (Fsp3) is 0.364. The molecule has 1 amide bonds. The summed E-state index contributed by atoms with van der Waals surface area (Å²) in [5.41, 5.74) is -0.000966. The predicted octanol–water partition coefficient (Wildman–Crippen LogP) is 2.25. The van der Waals surface area contributed by atoms with Gasteiger partial charge in [0.2, 0.25) is 0 Å². The van der Waals surface area contributed by atoms with Crippen molar-refractivity contribution < 1.29 is 9.18 Å². The molecule has 0 N–H and O–H groups in total. The highest BCUT2D eigenvalue weighted by Gasteiger charge is 2.20. The maximum Gasteiger partial charge on any atom is 0.257 e. The first-order valence-electron chi connectivity index (χ1n) is 4.92. The van der Waals surface area contributed by atoms with E-state index in [1.54, 1.807) is 6.92 Å². The number of aromatic nitrogens is 1. The molecule has 0 saturated heterocycles. The minimum absolute atomic E-state index is 0.000966. The molecule has 1 unspecified atom stereocenters. The normalized spacial score (nSPS) is 11.7. The molecule has 0 bridgehead atoms. The first kappa shape index (κ1) is 13.4. The van der Waals surface area contributed by atoms with Gasteiger partial charge in [0.15, 0.2) is 0 Å². The molecule has 0 aliphatic heterocycles. The first-order valence-corrected chi connectivity index (χ1v) is 5.30. The van der Waals surface area contributed by atoms with Crippen molar-refractivity contribution in [2.24, 2.45) is 0 Å². The van der Waals surface area contributed by atoms with Crippen molar-refractivity contribution >= 4 is 17.5 Å². The van der Waals surface area contributed by atoms with Crippen LogP contribution in [0.3, 0.4) is 0 Å². The zero-order valence-corrected chi connectivity index (χ0v) is 10.2. The van der Waals surface area contributed by atoms with Gasteiger partial charge in [-0.2, -0.15) is 5.26 Å². The van der Waals surface area contributed by atoms with Crippen LogP contribution >= 0.6 is 11.6 Å². The lowest BCUT2D eigenvalue weighted by molar-refractivity contribution is 0.0745. The second kappa shape index (κ2) is 5.60. The van der Waals surface area contributed by atoms with Gasteiger partial charge >= 0.3 is 0 Å². The number of nitrogens with zero attached hydrogens (tertiary/aromatic N) is 3. The van der Waals surface area contributed by atoms with E-state index in [4.69, 9.17) is 16.9 Å². The Kier molecular flexibility index (Phi) is 4.41. The Balaban J connectivity index is 2.96. The van der Waals surface area contributed by atoms with Gasteiger partial charge < -0.3 is 4.90 Å². The molecule has 0 spiro atoms. The molecule has 0 saturated carbocycles. The fourth-order valence-electron chi connectivity index (χ4n) is 1.23. The number of carbonyl (C=O) groups excluding carboxylic acids is 1. The molecular formula is C11H11ClFN3O. The number of halogens is 2. The van der Waals surface area contributed by atoms with Gasteiger partial charge in [-0.25, -0.2) is 9.37 Å². The second-order valence-corrected chi connectivity index (χ2v) is 3.98. The third-order valence-corrected chi connectivity index (χ3v) is 2.71. The molecule has 6 heteroatoms. The number of carbonyl (C=O) groups is 1. The van der Waals surface area contributed by atoms with Crippen molar-refractivity contribution in [3.05, 3.63) is 28.8 Å². The summed E-state index contributed by atoms with van der Waals surface area (Å²) in [7, 11) is 1.53. The summed E-state index contributed by atoms with van der Waals surface area (Å²) in [4.78, 5) is 16.9. The maximum atomic E-state index is 13.0. The third-order valence-electron chi connectivity index (χ3n) is 2.40. The summed E-state index contributed by atoms with van der Waals surface area (Å²) in [6.07, 6.45) is 1.14. The van der Waals surface area contributed by atoms with Gasteiger partial charge in [0.25, 0.3) is 5.91 Å². The molecule has 1 atom stereocenters. The van der Waals surface area contributed by atoms with Crippen LogP contribution in [0.4, 0.5) is 4.39 Å². The van der Waals surface area contributed by atoms with Crippen molar-refractivity contribution in [3.63, 3.8) is 0 Å². The van der Waals surface area contributed by atoms with E-state index in [0.29, 0.717) is 0 Å². The van der Waals surface area contributed by atoms with Gasteiger partial charge in [-0.15, -0.1) is 0 Å². The third kappa shape index (κ3) is 3.14. The molecule has 0 radical (unpaired) electrons. The lowest BCUT2D eigenvalue weighted by Crippen LogP contribution is -2.35. The number of hydrogen-bond acceptors (Lipinski definition) is 3.